The molecule has 0 aliphatic rings. The minimum Gasteiger partial charge on any atom is -0.393 e. The van der Waals surface area contributed by atoms with Gasteiger partial charge < -0.3 is 10.4 Å². The SMILES string of the molecule is CCC(O)CCNC(=O)c1csc(-c2ccc([N+](=O)[O-])cc2)n1. The number of nitrogens with one attached hydrogen (secondary N) is 1. The summed E-state index contributed by atoms with van der Waals surface area (Å²) in [4.78, 5) is 26.4. The predicted molar refractivity (Wildman–Crippen MR) is 87.5 cm³/mol. The lowest BCUT2D eigenvalue weighted by Crippen LogP contribution is -2.27. The Labute approximate surface area is 137 Å². The van der Waals surface area contributed by atoms with Crippen molar-refractivity contribution < 1.29 is 14.8 Å². The molecule has 1 heterocycles. The van der Waals surface area contributed by atoms with Gasteiger partial charge in [-0.05, 0) is 25.0 Å². The third-order valence-corrected chi connectivity index (χ3v) is 4.19. The van der Waals surface area contributed by atoms with E-state index in [1.807, 2.05) is 6.92 Å². The Bertz CT molecular complexity index is 684. The number of non-ortho nitro benzene ring substituents is 1. The summed E-state index contributed by atoms with van der Waals surface area (Å²) in [5.74, 6) is -0.294. The molecule has 2 aromatic rings. The zero-order chi connectivity index (χ0) is 16.8. The molecule has 2 rings (SSSR count). The topological polar surface area (TPSA) is 105 Å². The normalized spacial score (nSPS) is 11.9. The first-order valence-electron chi connectivity index (χ1n) is 7.18. The van der Waals surface area contributed by atoms with Crippen molar-refractivity contribution in [2.75, 3.05) is 6.54 Å². The van der Waals surface area contributed by atoms with Crippen LogP contribution in [0, 0.1) is 10.1 Å². The number of aliphatic hydroxyl groups excluding tert-OH is 1. The predicted octanol–water partition coefficient (Wildman–Crippen LogP) is 2.61. The van der Waals surface area contributed by atoms with Gasteiger partial charge in [0.25, 0.3) is 11.6 Å². The fraction of sp³-hybridized carbons (Fsp3) is 0.333. The van der Waals surface area contributed by atoms with Crippen molar-refractivity contribution in [2.45, 2.75) is 25.9 Å². The van der Waals surface area contributed by atoms with Gasteiger partial charge in [-0.15, -0.1) is 11.3 Å². The number of hydrogen-bond acceptors (Lipinski definition) is 6. The van der Waals surface area contributed by atoms with E-state index in [0.717, 1.165) is 5.56 Å². The van der Waals surface area contributed by atoms with Crippen molar-refractivity contribution in [3.05, 3.63) is 45.5 Å². The average Bonchev–Trinajstić information content (AvgIpc) is 3.04. The number of rotatable bonds is 7. The molecule has 1 atom stereocenters. The lowest BCUT2D eigenvalue weighted by molar-refractivity contribution is -0.384. The van der Waals surface area contributed by atoms with Gasteiger partial charge in [-0.25, -0.2) is 4.98 Å². The van der Waals surface area contributed by atoms with Crippen molar-refractivity contribution in [1.82, 2.24) is 10.3 Å². The fourth-order valence-corrected chi connectivity index (χ4v) is 2.69. The van der Waals surface area contributed by atoms with Crippen LogP contribution in [-0.2, 0) is 0 Å². The van der Waals surface area contributed by atoms with Crippen LogP contribution < -0.4 is 5.32 Å². The van der Waals surface area contributed by atoms with Gasteiger partial charge in [0.2, 0.25) is 0 Å². The van der Waals surface area contributed by atoms with Crippen LogP contribution in [0.1, 0.15) is 30.3 Å². The average molecular weight is 335 g/mol. The van der Waals surface area contributed by atoms with Crippen LogP contribution in [0.25, 0.3) is 10.6 Å². The van der Waals surface area contributed by atoms with Crippen molar-refractivity contribution in [3.63, 3.8) is 0 Å². The number of nitro groups is 1. The Kier molecular flexibility index (Phi) is 5.78. The minimum absolute atomic E-state index is 0.0118. The van der Waals surface area contributed by atoms with E-state index in [0.29, 0.717) is 30.1 Å². The van der Waals surface area contributed by atoms with Gasteiger partial charge >= 0.3 is 0 Å². The molecule has 7 nitrogen and oxygen atoms in total. The van der Waals surface area contributed by atoms with Crippen LogP contribution in [0.4, 0.5) is 5.69 Å². The van der Waals surface area contributed by atoms with E-state index in [9.17, 15) is 20.0 Å². The molecule has 0 fully saturated rings. The number of thiazole rings is 1. The summed E-state index contributed by atoms with van der Waals surface area (Å²) < 4.78 is 0. The summed E-state index contributed by atoms with van der Waals surface area (Å²) in [5, 5.41) is 25.1. The third kappa shape index (κ3) is 4.57. The highest BCUT2D eigenvalue weighted by Gasteiger charge is 2.13. The molecule has 122 valence electrons. The van der Waals surface area contributed by atoms with Gasteiger partial charge in [0.1, 0.15) is 10.7 Å². The van der Waals surface area contributed by atoms with E-state index >= 15 is 0 Å². The third-order valence-electron chi connectivity index (χ3n) is 3.30. The lowest BCUT2D eigenvalue weighted by atomic mass is 10.2. The van der Waals surface area contributed by atoms with Gasteiger partial charge in [0, 0.05) is 29.6 Å². The molecule has 0 aliphatic carbocycles. The quantitative estimate of drug-likeness (QED) is 0.597. The first-order valence-corrected chi connectivity index (χ1v) is 8.05. The smallest absolute Gasteiger partial charge is 0.270 e. The van der Waals surface area contributed by atoms with Crippen LogP contribution in [0.3, 0.4) is 0 Å². The van der Waals surface area contributed by atoms with Gasteiger partial charge in [0.15, 0.2) is 0 Å². The lowest BCUT2D eigenvalue weighted by Gasteiger charge is -2.07. The Morgan fingerprint density at radius 1 is 1.43 bits per heavy atom. The Morgan fingerprint density at radius 2 is 2.13 bits per heavy atom. The highest BCUT2D eigenvalue weighted by molar-refractivity contribution is 7.13. The molecule has 1 amide bonds. The molecule has 0 radical (unpaired) electrons. The Balaban J connectivity index is 1.99. The number of amides is 1. The number of hydrogen-bond donors (Lipinski definition) is 2. The molecule has 0 saturated carbocycles. The number of aromatic nitrogens is 1. The summed E-state index contributed by atoms with van der Waals surface area (Å²) >= 11 is 1.30. The first kappa shape index (κ1) is 17.0. The highest BCUT2D eigenvalue weighted by atomic mass is 32.1. The van der Waals surface area contributed by atoms with Crippen LogP contribution in [0.2, 0.25) is 0 Å². The number of carbonyl (C=O) groups excluding carboxylic acids is 1. The number of aliphatic hydroxyl groups is 1. The number of nitrogens with zero attached hydrogens (tertiary/aromatic N) is 2. The Morgan fingerprint density at radius 3 is 2.74 bits per heavy atom. The summed E-state index contributed by atoms with van der Waals surface area (Å²) in [7, 11) is 0. The summed E-state index contributed by atoms with van der Waals surface area (Å²) in [6, 6.07) is 6.03. The highest BCUT2D eigenvalue weighted by Crippen LogP contribution is 2.25. The maximum absolute atomic E-state index is 12.0. The summed E-state index contributed by atoms with van der Waals surface area (Å²) in [6.45, 7) is 2.27. The Hall–Kier alpha value is -2.32. The van der Waals surface area contributed by atoms with Crippen molar-refractivity contribution in [2.24, 2.45) is 0 Å². The number of nitro benzene ring substituents is 1. The molecular weight excluding hydrogens is 318 g/mol. The number of benzene rings is 1. The van der Waals surface area contributed by atoms with Crippen LogP contribution in [-0.4, -0.2) is 33.6 Å². The van der Waals surface area contributed by atoms with Crippen LogP contribution in [0.5, 0.6) is 0 Å². The van der Waals surface area contributed by atoms with E-state index in [1.54, 1.807) is 17.5 Å². The van der Waals surface area contributed by atoms with Crippen molar-refractivity contribution in [3.8, 4) is 10.6 Å². The molecule has 1 aromatic heterocycles. The molecule has 23 heavy (non-hydrogen) atoms. The van der Waals surface area contributed by atoms with Gasteiger partial charge in [-0.1, -0.05) is 6.92 Å². The maximum Gasteiger partial charge on any atom is 0.270 e. The van der Waals surface area contributed by atoms with E-state index in [1.165, 1.54) is 23.5 Å². The summed E-state index contributed by atoms with van der Waals surface area (Å²) in [5.41, 5.74) is 1.04. The molecular formula is C15H17N3O4S. The molecule has 0 saturated heterocycles. The molecule has 8 heteroatoms. The largest absolute Gasteiger partial charge is 0.393 e. The second-order valence-electron chi connectivity index (χ2n) is 4.95. The van der Waals surface area contributed by atoms with E-state index in [-0.39, 0.29) is 11.6 Å². The van der Waals surface area contributed by atoms with E-state index in [2.05, 4.69) is 10.3 Å². The van der Waals surface area contributed by atoms with Gasteiger partial charge in [0.05, 0.1) is 11.0 Å². The van der Waals surface area contributed by atoms with Crippen molar-refractivity contribution in [1.29, 1.82) is 0 Å². The van der Waals surface area contributed by atoms with Crippen LogP contribution >= 0.6 is 11.3 Å². The molecule has 0 spiro atoms. The molecule has 2 N–H and O–H groups in total. The van der Waals surface area contributed by atoms with E-state index in [4.69, 9.17) is 0 Å². The zero-order valence-corrected chi connectivity index (χ0v) is 13.4. The molecule has 0 bridgehead atoms. The fourth-order valence-electron chi connectivity index (χ4n) is 1.88. The van der Waals surface area contributed by atoms with Crippen molar-refractivity contribution >= 4 is 22.9 Å². The number of carbonyl (C=O) groups is 1. The zero-order valence-electron chi connectivity index (χ0n) is 12.6. The molecule has 0 aliphatic heterocycles. The first-order chi connectivity index (χ1) is 11.0. The minimum atomic E-state index is -0.463. The van der Waals surface area contributed by atoms with Crippen LogP contribution in [0.15, 0.2) is 29.6 Å². The summed E-state index contributed by atoms with van der Waals surface area (Å²) in [6.07, 6.45) is 0.736. The second-order valence-corrected chi connectivity index (χ2v) is 5.81. The monoisotopic (exact) mass is 335 g/mol. The molecule has 1 unspecified atom stereocenters. The van der Waals surface area contributed by atoms with Gasteiger partial charge in [-0.3, -0.25) is 14.9 Å². The second kappa shape index (κ2) is 7.80. The van der Waals surface area contributed by atoms with Gasteiger partial charge in [-0.2, -0.15) is 0 Å². The molecule has 1 aromatic carbocycles. The maximum atomic E-state index is 12.0. The standard InChI is InChI=1S/C15H17N3O4S/c1-2-12(19)7-8-16-14(20)13-9-23-15(17-13)10-3-5-11(6-4-10)18(21)22/h3-6,9,12,19H,2,7-8H2,1H3,(H,16,20). The van der Waals surface area contributed by atoms with E-state index < -0.39 is 11.0 Å².